The molecular weight excluding hydrogens is 422 g/mol. The highest BCUT2D eigenvalue weighted by Gasteiger charge is 2.28. The third kappa shape index (κ3) is 5.09. The number of halogens is 3. The van der Waals surface area contributed by atoms with Gasteiger partial charge in [0.2, 0.25) is 0 Å². The Morgan fingerprint density at radius 2 is 1.87 bits per heavy atom. The van der Waals surface area contributed by atoms with E-state index in [0.717, 1.165) is 5.56 Å². The minimum atomic E-state index is -0.490. The minimum absolute atomic E-state index is 0.198. The summed E-state index contributed by atoms with van der Waals surface area (Å²) in [6, 6.07) is 19.1. The van der Waals surface area contributed by atoms with Gasteiger partial charge in [0, 0.05) is 29.1 Å². The van der Waals surface area contributed by atoms with Crippen LogP contribution in [0.5, 0.6) is 0 Å². The Morgan fingerprint density at radius 3 is 2.65 bits per heavy atom. The van der Waals surface area contributed by atoms with Crippen LogP contribution >= 0.6 is 11.6 Å². The number of hydrogen-bond donors (Lipinski definition) is 0. The summed E-state index contributed by atoms with van der Waals surface area (Å²) in [5.74, 6) is -1.21. The number of carbonyl (C=O) groups is 1. The summed E-state index contributed by atoms with van der Waals surface area (Å²) in [6.07, 6.45) is -0.102. The molecule has 158 valence electrons. The number of nitrogens with zero attached hydrogens (tertiary/aromatic N) is 2. The van der Waals surface area contributed by atoms with Crippen LogP contribution in [0.4, 0.5) is 8.78 Å². The van der Waals surface area contributed by atoms with E-state index < -0.39 is 11.9 Å². The molecule has 0 radical (unpaired) electrons. The molecule has 1 aliphatic heterocycles. The summed E-state index contributed by atoms with van der Waals surface area (Å²) in [5.41, 5.74) is 1.92. The standard InChI is InChI=1S/C24H19ClF2N2O2/c25-18-7-3-5-16(11-18)14-29(24(30)17-6-4-8-19(26)12-17)15-20-13-23(28-31-20)21-9-1-2-10-22(21)27/h1-12,20H,13-15H2. The molecule has 0 spiro atoms. The van der Waals surface area contributed by atoms with Crippen LogP contribution in [0, 0.1) is 11.6 Å². The molecule has 0 fully saturated rings. The van der Waals surface area contributed by atoms with Gasteiger partial charge >= 0.3 is 0 Å². The van der Waals surface area contributed by atoms with Crippen LogP contribution in [0.2, 0.25) is 5.02 Å². The SMILES string of the molecule is O=C(c1cccc(F)c1)N(Cc1cccc(Cl)c1)CC1CC(c2ccccc2F)=NO1. The molecule has 4 rings (SSSR count). The van der Waals surface area contributed by atoms with E-state index in [0.29, 0.717) is 22.7 Å². The first-order chi connectivity index (χ1) is 15.0. The topological polar surface area (TPSA) is 41.9 Å². The molecule has 1 aliphatic rings. The summed E-state index contributed by atoms with van der Waals surface area (Å²) in [5, 5.41) is 4.58. The van der Waals surface area contributed by atoms with Gasteiger partial charge in [-0.25, -0.2) is 8.78 Å². The molecule has 1 heterocycles. The van der Waals surface area contributed by atoms with Crippen molar-refractivity contribution in [2.75, 3.05) is 6.54 Å². The van der Waals surface area contributed by atoms with Gasteiger partial charge in [-0.2, -0.15) is 0 Å². The molecule has 31 heavy (non-hydrogen) atoms. The zero-order valence-electron chi connectivity index (χ0n) is 16.5. The monoisotopic (exact) mass is 440 g/mol. The molecule has 1 atom stereocenters. The molecular formula is C24H19ClF2N2O2. The highest BCUT2D eigenvalue weighted by Crippen LogP contribution is 2.22. The van der Waals surface area contributed by atoms with E-state index in [4.69, 9.17) is 16.4 Å². The van der Waals surface area contributed by atoms with Crippen molar-refractivity contribution in [1.82, 2.24) is 4.90 Å². The fourth-order valence-electron chi connectivity index (χ4n) is 3.51. The van der Waals surface area contributed by atoms with Crippen molar-refractivity contribution in [2.24, 2.45) is 5.16 Å². The molecule has 0 saturated heterocycles. The second-order valence-electron chi connectivity index (χ2n) is 7.28. The van der Waals surface area contributed by atoms with Crippen molar-refractivity contribution < 1.29 is 18.4 Å². The van der Waals surface area contributed by atoms with Crippen molar-refractivity contribution in [3.05, 3.63) is 106 Å². The van der Waals surface area contributed by atoms with E-state index in [2.05, 4.69) is 5.16 Å². The molecule has 0 bridgehead atoms. The first kappa shape index (κ1) is 21.0. The predicted octanol–water partition coefficient (Wildman–Crippen LogP) is 5.45. The lowest BCUT2D eigenvalue weighted by molar-refractivity contribution is 0.0405. The lowest BCUT2D eigenvalue weighted by Gasteiger charge is -2.25. The van der Waals surface area contributed by atoms with Gasteiger partial charge in [-0.05, 0) is 42.0 Å². The number of hydrogen-bond acceptors (Lipinski definition) is 3. The van der Waals surface area contributed by atoms with Gasteiger partial charge in [-0.3, -0.25) is 4.79 Å². The maximum Gasteiger partial charge on any atom is 0.254 e. The maximum absolute atomic E-state index is 14.1. The van der Waals surface area contributed by atoms with Crippen LogP contribution in [-0.2, 0) is 11.4 Å². The Morgan fingerprint density at radius 1 is 1.06 bits per heavy atom. The summed E-state index contributed by atoms with van der Waals surface area (Å²) in [4.78, 5) is 20.2. The average Bonchev–Trinajstić information content (AvgIpc) is 3.21. The molecule has 4 nitrogen and oxygen atoms in total. The van der Waals surface area contributed by atoms with Crippen molar-refractivity contribution in [1.29, 1.82) is 0 Å². The Kier molecular flexibility index (Phi) is 6.28. The smallest absolute Gasteiger partial charge is 0.254 e. The van der Waals surface area contributed by atoms with Gasteiger partial charge in [0.15, 0.2) is 6.10 Å². The van der Waals surface area contributed by atoms with Gasteiger partial charge in [0.05, 0.1) is 12.3 Å². The normalized spacial score (nSPS) is 15.3. The molecule has 1 amide bonds. The van der Waals surface area contributed by atoms with Crippen LogP contribution in [0.25, 0.3) is 0 Å². The third-order valence-electron chi connectivity index (χ3n) is 4.96. The average molecular weight is 441 g/mol. The van der Waals surface area contributed by atoms with Gasteiger partial charge in [-0.1, -0.05) is 53.2 Å². The van der Waals surface area contributed by atoms with Crippen LogP contribution in [-0.4, -0.2) is 29.2 Å². The number of amides is 1. The molecule has 0 N–H and O–H groups in total. The lowest BCUT2D eigenvalue weighted by atomic mass is 10.0. The van der Waals surface area contributed by atoms with Crippen LogP contribution < -0.4 is 0 Å². The lowest BCUT2D eigenvalue weighted by Crippen LogP contribution is -2.37. The number of oxime groups is 1. The first-order valence-corrected chi connectivity index (χ1v) is 10.1. The summed E-state index contributed by atoms with van der Waals surface area (Å²) in [7, 11) is 0. The predicted molar refractivity (Wildman–Crippen MR) is 115 cm³/mol. The van der Waals surface area contributed by atoms with Gasteiger partial charge in [0.25, 0.3) is 5.91 Å². The fraction of sp³-hybridized carbons (Fsp3) is 0.167. The Labute approximate surface area is 183 Å². The van der Waals surface area contributed by atoms with Crippen molar-refractivity contribution in [3.8, 4) is 0 Å². The number of benzene rings is 3. The Bertz CT molecular complexity index is 1140. The molecule has 1 unspecified atom stereocenters. The Hall–Kier alpha value is -3.25. The number of rotatable bonds is 6. The quantitative estimate of drug-likeness (QED) is 0.511. The van der Waals surface area contributed by atoms with Crippen LogP contribution in [0.1, 0.15) is 27.9 Å². The summed E-state index contributed by atoms with van der Waals surface area (Å²) < 4.78 is 27.8. The van der Waals surface area contributed by atoms with Gasteiger partial charge in [-0.15, -0.1) is 0 Å². The van der Waals surface area contributed by atoms with Crippen LogP contribution in [0.15, 0.2) is 78.0 Å². The second kappa shape index (κ2) is 9.27. The molecule has 0 aliphatic carbocycles. The van der Waals surface area contributed by atoms with E-state index in [-0.39, 0.29) is 30.4 Å². The van der Waals surface area contributed by atoms with E-state index in [1.165, 1.54) is 24.3 Å². The zero-order chi connectivity index (χ0) is 21.8. The molecule has 3 aromatic rings. The largest absolute Gasteiger partial charge is 0.390 e. The minimum Gasteiger partial charge on any atom is -0.390 e. The highest BCUT2D eigenvalue weighted by molar-refractivity contribution is 6.30. The first-order valence-electron chi connectivity index (χ1n) is 9.76. The van der Waals surface area contributed by atoms with Gasteiger partial charge in [0.1, 0.15) is 11.6 Å². The van der Waals surface area contributed by atoms with E-state index in [9.17, 15) is 13.6 Å². The molecule has 7 heteroatoms. The van der Waals surface area contributed by atoms with Crippen molar-refractivity contribution >= 4 is 23.2 Å². The molecule has 0 aromatic heterocycles. The molecule has 3 aromatic carbocycles. The summed E-state index contributed by atoms with van der Waals surface area (Å²) >= 11 is 6.09. The van der Waals surface area contributed by atoms with E-state index in [1.807, 2.05) is 6.07 Å². The van der Waals surface area contributed by atoms with E-state index >= 15 is 0 Å². The van der Waals surface area contributed by atoms with Crippen molar-refractivity contribution in [2.45, 2.75) is 19.1 Å². The number of carbonyl (C=O) groups excluding carboxylic acids is 1. The maximum atomic E-state index is 14.1. The van der Waals surface area contributed by atoms with Crippen LogP contribution in [0.3, 0.4) is 0 Å². The Balaban J connectivity index is 1.53. The summed E-state index contributed by atoms with van der Waals surface area (Å²) in [6.45, 7) is 0.452. The second-order valence-corrected chi connectivity index (χ2v) is 7.71. The highest BCUT2D eigenvalue weighted by atomic mass is 35.5. The van der Waals surface area contributed by atoms with E-state index in [1.54, 1.807) is 47.4 Å². The van der Waals surface area contributed by atoms with Crippen molar-refractivity contribution in [3.63, 3.8) is 0 Å². The zero-order valence-corrected chi connectivity index (χ0v) is 17.2. The third-order valence-corrected chi connectivity index (χ3v) is 5.20. The fourth-order valence-corrected chi connectivity index (χ4v) is 3.72. The molecule has 0 saturated carbocycles. The van der Waals surface area contributed by atoms with Gasteiger partial charge < -0.3 is 9.74 Å².